The highest BCUT2D eigenvalue weighted by Gasteiger charge is 2.50. The van der Waals surface area contributed by atoms with Crippen LogP contribution < -0.4 is 5.32 Å². The van der Waals surface area contributed by atoms with Crippen LogP contribution in [-0.4, -0.2) is 29.9 Å². The number of hydrogen-bond acceptors (Lipinski definition) is 3. The molecule has 1 N–H and O–H groups in total. The van der Waals surface area contributed by atoms with Crippen molar-refractivity contribution in [1.29, 1.82) is 0 Å². The highest BCUT2D eigenvalue weighted by atomic mass is 16.6. The standard InChI is InChI=1S/C19H33NO3/c1-14-6-5-11-19(4)16(23-19)10-13-20-17(22)9-12-18(2,3)15(21)8-7-14/h14,16H,5-13H2,1-4H3,(H,20,22). The fourth-order valence-electron chi connectivity index (χ4n) is 3.53. The van der Waals surface area contributed by atoms with E-state index in [1.807, 2.05) is 13.8 Å². The topological polar surface area (TPSA) is 58.7 Å². The molecule has 2 aliphatic heterocycles. The quantitative estimate of drug-likeness (QED) is 0.693. The smallest absolute Gasteiger partial charge is 0.220 e. The SMILES string of the molecule is CC1CCCC2(C)OC2CCNC(=O)CCC(C)(C)C(=O)CC1. The third kappa shape index (κ3) is 5.30. The summed E-state index contributed by atoms with van der Waals surface area (Å²) < 4.78 is 5.85. The zero-order valence-corrected chi connectivity index (χ0v) is 15.2. The summed E-state index contributed by atoms with van der Waals surface area (Å²) in [6.45, 7) is 9.04. The van der Waals surface area contributed by atoms with Gasteiger partial charge in [-0.2, -0.15) is 0 Å². The molecule has 0 bridgehead atoms. The normalized spacial score (nSPS) is 36.9. The molecule has 2 fully saturated rings. The minimum atomic E-state index is -0.397. The second kappa shape index (κ2) is 7.33. The maximum absolute atomic E-state index is 12.4. The molecule has 132 valence electrons. The number of rotatable bonds is 0. The lowest BCUT2D eigenvalue weighted by Gasteiger charge is -2.24. The van der Waals surface area contributed by atoms with Crippen LogP contribution in [0.5, 0.6) is 0 Å². The molecular formula is C19H33NO3. The van der Waals surface area contributed by atoms with Crippen molar-refractivity contribution in [2.24, 2.45) is 11.3 Å². The van der Waals surface area contributed by atoms with Crippen molar-refractivity contribution in [3.63, 3.8) is 0 Å². The average Bonchev–Trinajstić information content (AvgIpc) is 3.12. The van der Waals surface area contributed by atoms with Crippen molar-refractivity contribution >= 4 is 11.7 Å². The number of epoxide rings is 1. The number of Topliss-reactive ketones (excluding diaryl/α,β-unsaturated/α-hetero) is 1. The van der Waals surface area contributed by atoms with Crippen LogP contribution in [0, 0.1) is 11.3 Å². The molecule has 2 rings (SSSR count). The van der Waals surface area contributed by atoms with Crippen molar-refractivity contribution < 1.29 is 14.3 Å². The third-order valence-electron chi connectivity index (χ3n) is 5.73. The second-order valence-electron chi connectivity index (χ2n) is 8.40. The Hall–Kier alpha value is -0.900. The van der Waals surface area contributed by atoms with Gasteiger partial charge in [-0.25, -0.2) is 0 Å². The van der Waals surface area contributed by atoms with E-state index in [4.69, 9.17) is 4.74 Å². The number of nitrogens with one attached hydrogen (secondary N) is 1. The Bertz CT molecular complexity index is 446. The highest BCUT2D eigenvalue weighted by Crippen LogP contribution is 2.42. The van der Waals surface area contributed by atoms with Gasteiger partial charge in [-0.05, 0) is 38.5 Å². The number of ketones is 1. The van der Waals surface area contributed by atoms with Crippen molar-refractivity contribution in [1.82, 2.24) is 5.32 Å². The molecule has 0 aromatic heterocycles. The molecule has 2 heterocycles. The molecule has 0 aliphatic carbocycles. The van der Waals surface area contributed by atoms with E-state index in [-0.39, 0.29) is 11.5 Å². The van der Waals surface area contributed by atoms with E-state index in [1.165, 1.54) is 0 Å². The fraction of sp³-hybridized carbons (Fsp3) is 0.895. The number of amides is 1. The van der Waals surface area contributed by atoms with E-state index >= 15 is 0 Å². The van der Waals surface area contributed by atoms with Gasteiger partial charge in [0.05, 0.1) is 11.7 Å². The van der Waals surface area contributed by atoms with Gasteiger partial charge in [0, 0.05) is 24.8 Å². The summed E-state index contributed by atoms with van der Waals surface area (Å²) >= 11 is 0. The van der Waals surface area contributed by atoms with E-state index < -0.39 is 5.41 Å². The largest absolute Gasteiger partial charge is 0.366 e. The molecule has 0 spiro atoms. The third-order valence-corrected chi connectivity index (χ3v) is 5.73. The summed E-state index contributed by atoms with van der Waals surface area (Å²) in [7, 11) is 0. The van der Waals surface area contributed by atoms with Gasteiger partial charge in [-0.1, -0.05) is 33.6 Å². The first kappa shape index (κ1) is 18.4. The zero-order chi connectivity index (χ0) is 17.1. The van der Waals surface area contributed by atoms with Crippen LogP contribution in [0.2, 0.25) is 0 Å². The van der Waals surface area contributed by atoms with Crippen LogP contribution in [0.25, 0.3) is 0 Å². The van der Waals surface area contributed by atoms with Crippen molar-refractivity contribution in [3.05, 3.63) is 0 Å². The predicted octanol–water partition coefficient (Wildman–Crippen LogP) is 3.63. The molecule has 3 unspecified atom stereocenters. The van der Waals surface area contributed by atoms with E-state index in [0.29, 0.717) is 43.6 Å². The zero-order valence-electron chi connectivity index (χ0n) is 15.2. The lowest BCUT2D eigenvalue weighted by Crippen LogP contribution is -2.30. The number of fused-ring (bicyclic) bond motifs is 1. The summed E-state index contributed by atoms with van der Waals surface area (Å²) in [5.41, 5.74) is -0.383. The first-order valence-electron chi connectivity index (χ1n) is 9.21. The van der Waals surface area contributed by atoms with E-state index in [2.05, 4.69) is 19.2 Å². The van der Waals surface area contributed by atoms with Crippen molar-refractivity contribution in [3.8, 4) is 0 Å². The molecule has 0 radical (unpaired) electrons. The Kier molecular flexibility index (Phi) is 5.88. The molecule has 0 aromatic carbocycles. The maximum atomic E-state index is 12.4. The molecule has 4 nitrogen and oxygen atoms in total. The lowest BCUT2D eigenvalue weighted by atomic mass is 9.80. The van der Waals surface area contributed by atoms with Crippen molar-refractivity contribution in [2.45, 2.75) is 90.8 Å². The first-order chi connectivity index (χ1) is 10.7. The predicted molar refractivity (Wildman–Crippen MR) is 91.2 cm³/mol. The van der Waals surface area contributed by atoms with Crippen LogP contribution in [-0.2, 0) is 14.3 Å². The Labute approximate surface area is 140 Å². The highest BCUT2D eigenvalue weighted by molar-refractivity contribution is 5.85. The minimum Gasteiger partial charge on any atom is -0.366 e. The molecule has 23 heavy (non-hydrogen) atoms. The Morgan fingerprint density at radius 2 is 1.78 bits per heavy atom. The van der Waals surface area contributed by atoms with Gasteiger partial charge >= 0.3 is 0 Å². The Morgan fingerprint density at radius 3 is 2.52 bits per heavy atom. The number of carbonyl (C=O) groups is 2. The van der Waals surface area contributed by atoms with Gasteiger partial charge in [-0.15, -0.1) is 0 Å². The molecule has 2 saturated heterocycles. The average molecular weight is 323 g/mol. The van der Waals surface area contributed by atoms with Crippen LogP contribution in [0.1, 0.15) is 79.1 Å². The number of ether oxygens (including phenoxy) is 1. The fourth-order valence-corrected chi connectivity index (χ4v) is 3.53. The summed E-state index contributed by atoms with van der Waals surface area (Å²) in [6.07, 6.45) is 7.22. The Morgan fingerprint density at radius 1 is 1.04 bits per heavy atom. The van der Waals surface area contributed by atoms with Crippen LogP contribution in [0.15, 0.2) is 0 Å². The molecule has 3 atom stereocenters. The summed E-state index contributed by atoms with van der Waals surface area (Å²) in [4.78, 5) is 24.4. The van der Waals surface area contributed by atoms with Gasteiger partial charge in [0.15, 0.2) is 0 Å². The number of hydrogen-bond donors (Lipinski definition) is 1. The maximum Gasteiger partial charge on any atom is 0.220 e. The van der Waals surface area contributed by atoms with Gasteiger partial charge in [0.2, 0.25) is 5.91 Å². The molecule has 0 saturated carbocycles. The number of carbonyl (C=O) groups excluding carboxylic acids is 2. The van der Waals surface area contributed by atoms with Gasteiger partial charge < -0.3 is 10.1 Å². The Balaban J connectivity index is 1.93. The van der Waals surface area contributed by atoms with Crippen LogP contribution in [0.3, 0.4) is 0 Å². The lowest BCUT2D eigenvalue weighted by molar-refractivity contribution is -0.128. The molecule has 4 heteroatoms. The van der Waals surface area contributed by atoms with Gasteiger partial charge in [-0.3, -0.25) is 9.59 Å². The van der Waals surface area contributed by atoms with Crippen LogP contribution in [0.4, 0.5) is 0 Å². The van der Waals surface area contributed by atoms with Crippen LogP contribution >= 0.6 is 0 Å². The van der Waals surface area contributed by atoms with Crippen molar-refractivity contribution in [2.75, 3.05) is 6.54 Å². The van der Waals surface area contributed by atoms with E-state index in [1.54, 1.807) is 0 Å². The first-order valence-corrected chi connectivity index (χ1v) is 9.21. The van der Waals surface area contributed by atoms with E-state index in [0.717, 1.165) is 32.1 Å². The second-order valence-corrected chi connectivity index (χ2v) is 8.40. The van der Waals surface area contributed by atoms with E-state index in [9.17, 15) is 9.59 Å². The summed E-state index contributed by atoms with van der Waals surface area (Å²) in [5, 5.41) is 2.97. The summed E-state index contributed by atoms with van der Waals surface area (Å²) in [6, 6.07) is 0. The molecule has 1 amide bonds. The minimum absolute atomic E-state index is 0.0132. The van der Waals surface area contributed by atoms with Gasteiger partial charge in [0.25, 0.3) is 0 Å². The van der Waals surface area contributed by atoms with Gasteiger partial charge in [0.1, 0.15) is 5.78 Å². The molecule has 0 aromatic rings. The molecule has 2 aliphatic rings. The summed E-state index contributed by atoms with van der Waals surface area (Å²) in [5.74, 6) is 0.919. The monoisotopic (exact) mass is 323 g/mol. The molecular weight excluding hydrogens is 290 g/mol.